The van der Waals surface area contributed by atoms with E-state index in [4.69, 9.17) is 9.84 Å². The topological polar surface area (TPSA) is 84.7 Å². The number of carboxylic acids is 1. The fraction of sp³-hybridized carbons (Fsp3) is 0.750. The predicted molar refractivity (Wildman–Crippen MR) is 101 cm³/mol. The van der Waals surface area contributed by atoms with Crippen LogP contribution in [0.15, 0.2) is 12.4 Å². The van der Waals surface area contributed by atoms with Crippen molar-refractivity contribution in [3.8, 4) is 0 Å². The first-order chi connectivity index (χ1) is 13.0. The molecule has 1 aromatic heterocycles. The van der Waals surface area contributed by atoms with E-state index < -0.39 is 5.97 Å². The fourth-order valence-corrected chi connectivity index (χ4v) is 4.27. The molecular weight excluding hydrogens is 346 g/mol. The number of aromatic nitrogens is 2. The van der Waals surface area contributed by atoms with E-state index >= 15 is 0 Å². The number of carbonyl (C=O) groups is 2. The van der Waals surface area contributed by atoms with Gasteiger partial charge < -0.3 is 14.7 Å². The molecule has 1 aromatic rings. The normalized spacial score (nSPS) is 25.3. The lowest BCUT2D eigenvalue weighted by Gasteiger charge is -2.36. The highest BCUT2D eigenvalue weighted by Gasteiger charge is 2.31. The largest absolute Gasteiger partial charge is 0.478 e. The van der Waals surface area contributed by atoms with Crippen molar-refractivity contribution in [2.75, 3.05) is 13.1 Å². The van der Waals surface area contributed by atoms with Crippen molar-refractivity contribution in [1.29, 1.82) is 0 Å². The van der Waals surface area contributed by atoms with Gasteiger partial charge in [0.1, 0.15) is 6.10 Å². The Morgan fingerprint density at radius 2 is 2.04 bits per heavy atom. The quantitative estimate of drug-likeness (QED) is 0.823. The standard InChI is InChI=1S/C20H31N3O4/c1-3-18(27-17-6-4-5-14(2)11-17)19(24)22-9-7-16(8-10-22)23-13-15(12-21-23)20(25)26/h12-14,16-18H,3-11H2,1-2H3,(H,25,26). The van der Waals surface area contributed by atoms with E-state index in [0.717, 1.165) is 25.7 Å². The van der Waals surface area contributed by atoms with Gasteiger partial charge >= 0.3 is 5.97 Å². The summed E-state index contributed by atoms with van der Waals surface area (Å²) in [7, 11) is 0. The van der Waals surface area contributed by atoms with Gasteiger partial charge in [-0.05, 0) is 38.0 Å². The molecule has 7 nitrogen and oxygen atoms in total. The average Bonchev–Trinajstić information content (AvgIpc) is 3.16. The Balaban J connectivity index is 1.52. The van der Waals surface area contributed by atoms with Crippen molar-refractivity contribution in [3.63, 3.8) is 0 Å². The summed E-state index contributed by atoms with van der Waals surface area (Å²) in [6.07, 6.45) is 9.63. The summed E-state index contributed by atoms with van der Waals surface area (Å²) in [5.74, 6) is -0.188. The maximum absolute atomic E-state index is 12.9. The number of ether oxygens (including phenoxy) is 1. The summed E-state index contributed by atoms with van der Waals surface area (Å²) in [5.41, 5.74) is 0.203. The number of aromatic carboxylic acids is 1. The molecule has 1 N–H and O–H groups in total. The summed E-state index contributed by atoms with van der Waals surface area (Å²) >= 11 is 0. The number of hydrogen-bond donors (Lipinski definition) is 1. The molecule has 2 heterocycles. The predicted octanol–water partition coefficient (Wildman–Crippen LogP) is 3.12. The molecule has 1 amide bonds. The van der Waals surface area contributed by atoms with Crippen molar-refractivity contribution >= 4 is 11.9 Å². The highest BCUT2D eigenvalue weighted by molar-refractivity contribution is 5.86. The van der Waals surface area contributed by atoms with E-state index in [9.17, 15) is 9.59 Å². The molecule has 27 heavy (non-hydrogen) atoms. The molecule has 0 radical (unpaired) electrons. The number of likely N-dealkylation sites (tertiary alicyclic amines) is 1. The molecule has 7 heteroatoms. The van der Waals surface area contributed by atoms with Crippen molar-refractivity contribution in [2.24, 2.45) is 5.92 Å². The van der Waals surface area contributed by atoms with Crippen LogP contribution in [-0.2, 0) is 9.53 Å². The van der Waals surface area contributed by atoms with Gasteiger partial charge in [0.05, 0.1) is 23.9 Å². The van der Waals surface area contributed by atoms with Gasteiger partial charge in [-0.15, -0.1) is 0 Å². The Morgan fingerprint density at radius 1 is 1.30 bits per heavy atom. The van der Waals surface area contributed by atoms with Crippen LogP contribution >= 0.6 is 0 Å². The van der Waals surface area contributed by atoms with Gasteiger partial charge in [-0.2, -0.15) is 5.10 Å². The molecule has 0 aromatic carbocycles. The maximum Gasteiger partial charge on any atom is 0.338 e. The number of hydrogen-bond acceptors (Lipinski definition) is 4. The Bertz CT molecular complexity index is 651. The van der Waals surface area contributed by atoms with Crippen LogP contribution in [0, 0.1) is 5.92 Å². The molecule has 1 saturated heterocycles. The summed E-state index contributed by atoms with van der Waals surface area (Å²) in [6, 6.07) is 0.141. The van der Waals surface area contributed by atoms with E-state index in [2.05, 4.69) is 12.0 Å². The molecule has 1 saturated carbocycles. The van der Waals surface area contributed by atoms with Gasteiger partial charge in [0.15, 0.2) is 0 Å². The minimum Gasteiger partial charge on any atom is -0.478 e. The highest BCUT2D eigenvalue weighted by Crippen LogP contribution is 2.28. The first-order valence-electron chi connectivity index (χ1n) is 10.2. The van der Waals surface area contributed by atoms with Crippen LogP contribution in [-0.4, -0.2) is 57.0 Å². The third kappa shape index (κ3) is 4.89. The van der Waals surface area contributed by atoms with E-state index in [1.807, 2.05) is 11.8 Å². The summed E-state index contributed by atoms with van der Waals surface area (Å²) in [5, 5.41) is 13.2. The van der Waals surface area contributed by atoms with Crippen LogP contribution in [0.4, 0.5) is 0 Å². The minimum atomic E-state index is -0.964. The van der Waals surface area contributed by atoms with E-state index in [1.54, 1.807) is 10.9 Å². The molecular formula is C20H31N3O4. The lowest BCUT2D eigenvalue weighted by atomic mass is 9.88. The number of amides is 1. The van der Waals surface area contributed by atoms with Crippen LogP contribution in [0.1, 0.15) is 75.2 Å². The van der Waals surface area contributed by atoms with Crippen molar-refractivity contribution in [1.82, 2.24) is 14.7 Å². The molecule has 3 unspecified atom stereocenters. The second kappa shape index (κ2) is 8.87. The molecule has 3 rings (SSSR count). The van der Waals surface area contributed by atoms with Crippen molar-refractivity contribution < 1.29 is 19.4 Å². The lowest BCUT2D eigenvalue weighted by Crippen LogP contribution is -2.46. The monoisotopic (exact) mass is 377 g/mol. The van der Waals surface area contributed by atoms with E-state index in [1.165, 1.54) is 19.0 Å². The third-order valence-corrected chi connectivity index (χ3v) is 5.89. The van der Waals surface area contributed by atoms with Gasteiger partial charge in [-0.25, -0.2) is 4.79 Å². The van der Waals surface area contributed by atoms with Crippen LogP contribution in [0.25, 0.3) is 0 Å². The number of rotatable bonds is 6. The third-order valence-electron chi connectivity index (χ3n) is 5.89. The summed E-state index contributed by atoms with van der Waals surface area (Å²) in [4.78, 5) is 25.8. The number of carbonyl (C=O) groups excluding carboxylic acids is 1. The van der Waals surface area contributed by atoms with Crippen LogP contribution in [0.2, 0.25) is 0 Å². The second-order valence-electron chi connectivity index (χ2n) is 8.00. The van der Waals surface area contributed by atoms with Crippen molar-refractivity contribution in [3.05, 3.63) is 18.0 Å². The zero-order chi connectivity index (χ0) is 19.4. The van der Waals surface area contributed by atoms with Crippen LogP contribution in [0.5, 0.6) is 0 Å². The number of nitrogens with zero attached hydrogens (tertiary/aromatic N) is 3. The first kappa shape index (κ1) is 19.9. The SMILES string of the molecule is CCC(OC1CCCC(C)C1)C(=O)N1CCC(n2cc(C(=O)O)cn2)CC1. The molecule has 3 atom stereocenters. The van der Waals surface area contributed by atoms with Gasteiger partial charge in [0, 0.05) is 19.3 Å². The molecule has 0 spiro atoms. The van der Waals surface area contributed by atoms with Gasteiger partial charge in [0.2, 0.25) is 0 Å². The zero-order valence-electron chi connectivity index (χ0n) is 16.3. The Labute approximate surface area is 160 Å². The molecule has 1 aliphatic heterocycles. The van der Waals surface area contributed by atoms with Gasteiger partial charge in [-0.1, -0.05) is 26.7 Å². The second-order valence-corrected chi connectivity index (χ2v) is 8.00. The number of piperidine rings is 1. The fourth-order valence-electron chi connectivity index (χ4n) is 4.27. The molecule has 150 valence electrons. The lowest BCUT2D eigenvalue weighted by molar-refractivity contribution is -0.151. The molecule has 2 aliphatic rings. The van der Waals surface area contributed by atoms with E-state index in [-0.39, 0.29) is 29.7 Å². The zero-order valence-corrected chi connectivity index (χ0v) is 16.3. The molecule has 0 bridgehead atoms. The Hall–Kier alpha value is -1.89. The molecule has 1 aliphatic carbocycles. The summed E-state index contributed by atoms with van der Waals surface area (Å²) < 4.78 is 7.92. The first-order valence-corrected chi connectivity index (χ1v) is 10.2. The van der Waals surface area contributed by atoms with Crippen molar-refractivity contribution in [2.45, 2.75) is 77.0 Å². The van der Waals surface area contributed by atoms with Gasteiger partial charge in [-0.3, -0.25) is 9.48 Å². The van der Waals surface area contributed by atoms with E-state index in [0.29, 0.717) is 25.4 Å². The average molecular weight is 377 g/mol. The smallest absolute Gasteiger partial charge is 0.338 e. The molecule has 2 fully saturated rings. The van der Waals surface area contributed by atoms with Crippen LogP contribution in [0.3, 0.4) is 0 Å². The van der Waals surface area contributed by atoms with Gasteiger partial charge in [0.25, 0.3) is 5.91 Å². The number of carboxylic acid groups (broad SMARTS) is 1. The highest BCUT2D eigenvalue weighted by atomic mass is 16.5. The maximum atomic E-state index is 12.9. The van der Waals surface area contributed by atoms with Crippen LogP contribution < -0.4 is 0 Å². The Morgan fingerprint density at radius 3 is 2.63 bits per heavy atom. The summed E-state index contributed by atoms with van der Waals surface area (Å²) in [6.45, 7) is 5.59. The Kier molecular flexibility index (Phi) is 6.52. The minimum absolute atomic E-state index is 0.0980.